The van der Waals surface area contributed by atoms with Crippen LogP contribution in [-0.2, 0) is 6.42 Å². The van der Waals surface area contributed by atoms with Crippen LogP contribution in [0.2, 0.25) is 0 Å². The minimum absolute atomic E-state index is 0.190. The van der Waals surface area contributed by atoms with Gasteiger partial charge in [0.2, 0.25) is 5.16 Å². The minimum Gasteiger partial charge on any atom is -0.497 e. The minimum atomic E-state index is 0.190. The van der Waals surface area contributed by atoms with Crippen molar-refractivity contribution in [2.45, 2.75) is 24.4 Å². The van der Waals surface area contributed by atoms with Crippen LogP contribution in [0, 0.1) is 0 Å². The number of ether oxygens (including phenoxy) is 1. The summed E-state index contributed by atoms with van der Waals surface area (Å²) in [4.78, 5) is 12.8. The van der Waals surface area contributed by atoms with E-state index in [0.717, 1.165) is 28.4 Å². The van der Waals surface area contributed by atoms with Crippen LogP contribution < -0.4 is 10.6 Å². The largest absolute Gasteiger partial charge is 0.497 e. The summed E-state index contributed by atoms with van der Waals surface area (Å²) >= 11 is 3.00. The van der Waals surface area contributed by atoms with Crippen LogP contribution in [-0.4, -0.2) is 33.5 Å². The average Bonchev–Trinajstić information content (AvgIpc) is 3.31. The van der Waals surface area contributed by atoms with Gasteiger partial charge >= 0.3 is 0 Å². The second kappa shape index (κ2) is 8.86. The van der Waals surface area contributed by atoms with Gasteiger partial charge in [0.05, 0.1) is 12.0 Å². The number of ketones is 1. The number of nitrogens with two attached hydrogens (primary N) is 1. The lowest BCUT2D eigenvalue weighted by Crippen LogP contribution is -2.14. The lowest BCUT2D eigenvalue weighted by molar-refractivity contribution is 0.0986. The normalized spacial score (nSPS) is 10.8. The van der Waals surface area contributed by atoms with Gasteiger partial charge in [0, 0.05) is 18.6 Å². The number of methoxy groups -OCH3 is 1. The number of aromatic nitrogens is 3. The second-order valence-corrected chi connectivity index (χ2v) is 7.66. The van der Waals surface area contributed by atoms with E-state index in [1.165, 1.54) is 27.8 Å². The number of nitrogen functional groups attached to an aromatic ring is 1. The summed E-state index contributed by atoms with van der Waals surface area (Å²) in [6, 6.07) is 11.5. The molecule has 3 aromatic rings. The van der Waals surface area contributed by atoms with Crippen molar-refractivity contribution in [3.05, 3.63) is 58.0 Å². The summed E-state index contributed by atoms with van der Waals surface area (Å²) in [5.74, 6) is 8.59. The molecule has 2 aromatic heterocycles. The number of thiophene rings is 1. The average molecular weight is 389 g/mol. The quantitative estimate of drug-likeness (QED) is 0.262. The van der Waals surface area contributed by atoms with E-state index in [0.29, 0.717) is 23.8 Å². The molecule has 2 heterocycles. The van der Waals surface area contributed by atoms with E-state index in [-0.39, 0.29) is 5.78 Å². The van der Waals surface area contributed by atoms with Crippen LogP contribution in [0.5, 0.6) is 5.75 Å². The molecule has 0 radical (unpaired) electrons. The van der Waals surface area contributed by atoms with Crippen LogP contribution in [0.4, 0.5) is 0 Å². The van der Waals surface area contributed by atoms with E-state index >= 15 is 0 Å². The molecular weight excluding hydrogens is 368 g/mol. The first kappa shape index (κ1) is 18.5. The van der Waals surface area contributed by atoms with Gasteiger partial charge in [-0.15, -0.1) is 21.5 Å². The van der Waals surface area contributed by atoms with E-state index in [4.69, 9.17) is 10.6 Å². The highest BCUT2D eigenvalue weighted by Crippen LogP contribution is 2.20. The molecule has 26 heavy (non-hydrogen) atoms. The Morgan fingerprint density at radius 1 is 1.27 bits per heavy atom. The van der Waals surface area contributed by atoms with E-state index in [2.05, 4.69) is 10.2 Å². The zero-order chi connectivity index (χ0) is 18.4. The molecule has 136 valence electrons. The molecule has 3 rings (SSSR count). The molecule has 0 saturated carbocycles. The number of carbonyl (C=O) groups is 1. The van der Waals surface area contributed by atoms with Crippen molar-refractivity contribution in [1.82, 2.24) is 14.9 Å². The zero-order valence-corrected chi connectivity index (χ0v) is 16.1. The lowest BCUT2D eigenvalue weighted by Gasteiger charge is -2.05. The summed E-state index contributed by atoms with van der Waals surface area (Å²) in [5, 5.41) is 10.9. The molecule has 0 spiro atoms. The number of thioether (sulfide) groups is 1. The fourth-order valence-electron chi connectivity index (χ4n) is 2.41. The van der Waals surface area contributed by atoms with Crippen molar-refractivity contribution in [3.8, 4) is 5.75 Å². The van der Waals surface area contributed by atoms with Crippen LogP contribution >= 0.6 is 23.1 Å². The number of rotatable bonds is 9. The molecule has 0 saturated heterocycles. The van der Waals surface area contributed by atoms with Crippen LogP contribution in [0.15, 0.2) is 46.9 Å². The summed E-state index contributed by atoms with van der Waals surface area (Å²) < 4.78 is 6.68. The summed E-state index contributed by atoms with van der Waals surface area (Å²) in [7, 11) is 1.64. The summed E-state index contributed by atoms with van der Waals surface area (Å²) in [6.45, 7) is 0. The Kier molecular flexibility index (Phi) is 6.30. The third kappa shape index (κ3) is 4.64. The maximum Gasteiger partial charge on any atom is 0.209 e. The fraction of sp³-hybridized carbons (Fsp3) is 0.278. The maximum absolute atomic E-state index is 12.0. The molecular formula is C18H20N4O2S2. The number of benzene rings is 1. The Morgan fingerprint density at radius 3 is 2.77 bits per heavy atom. The molecule has 0 fully saturated rings. The van der Waals surface area contributed by atoms with Gasteiger partial charge in [0.15, 0.2) is 11.6 Å². The second-order valence-electron chi connectivity index (χ2n) is 5.65. The first-order valence-electron chi connectivity index (χ1n) is 8.19. The van der Waals surface area contributed by atoms with Crippen LogP contribution in [0.3, 0.4) is 0 Å². The number of nitrogens with zero attached hydrogens (tertiary/aromatic N) is 3. The van der Waals surface area contributed by atoms with Gasteiger partial charge in [-0.3, -0.25) is 4.79 Å². The number of carbonyl (C=O) groups excluding carboxylic acids is 1. The van der Waals surface area contributed by atoms with Gasteiger partial charge in [-0.1, -0.05) is 30.0 Å². The van der Waals surface area contributed by atoms with Crippen molar-refractivity contribution < 1.29 is 9.53 Å². The van der Waals surface area contributed by atoms with Crippen molar-refractivity contribution in [2.24, 2.45) is 0 Å². The molecule has 0 amide bonds. The monoisotopic (exact) mass is 388 g/mol. The van der Waals surface area contributed by atoms with Gasteiger partial charge in [0.25, 0.3) is 0 Å². The Labute approximate surface area is 160 Å². The highest BCUT2D eigenvalue weighted by atomic mass is 32.2. The Morgan fingerprint density at radius 2 is 2.08 bits per heavy atom. The predicted octanol–water partition coefficient (Wildman–Crippen LogP) is 3.41. The van der Waals surface area contributed by atoms with Crippen LogP contribution in [0.1, 0.15) is 33.9 Å². The summed E-state index contributed by atoms with van der Waals surface area (Å²) in [5.41, 5.74) is 1.09. The number of Topliss-reactive ketones (excluding diaryl/α,β-unsaturated/α-hetero) is 1. The predicted molar refractivity (Wildman–Crippen MR) is 105 cm³/mol. The fourth-order valence-corrected chi connectivity index (χ4v) is 3.92. The molecule has 0 atom stereocenters. The molecule has 0 unspecified atom stereocenters. The Bertz CT molecular complexity index is 845. The smallest absolute Gasteiger partial charge is 0.209 e. The van der Waals surface area contributed by atoms with E-state index in [1.807, 2.05) is 41.8 Å². The SMILES string of the molecule is COc1ccc(Cc2nnc(SCCCC(=O)c3cccs3)n2N)cc1. The van der Waals surface area contributed by atoms with E-state index < -0.39 is 0 Å². The molecule has 0 bridgehead atoms. The van der Waals surface area contributed by atoms with Gasteiger partial charge in [-0.25, -0.2) is 4.68 Å². The number of hydrogen-bond donors (Lipinski definition) is 1. The molecule has 1 aromatic carbocycles. The standard InChI is InChI=1S/C18H20N4O2S2/c1-24-14-8-6-13(7-9-14)12-17-20-21-18(22(17)19)26-11-2-4-15(23)16-5-3-10-25-16/h3,5-10H,2,4,11-12,19H2,1H3. The van der Waals surface area contributed by atoms with Crippen LogP contribution in [0.25, 0.3) is 0 Å². The maximum atomic E-state index is 12.0. The Hall–Kier alpha value is -2.32. The molecule has 8 heteroatoms. The first-order valence-corrected chi connectivity index (χ1v) is 10.1. The van der Waals surface area contributed by atoms with E-state index in [9.17, 15) is 4.79 Å². The van der Waals surface area contributed by atoms with Gasteiger partial charge < -0.3 is 10.6 Å². The number of hydrogen-bond acceptors (Lipinski definition) is 7. The van der Waals surface area contributed by atoms with Gasteiger partial charge in [-0.2, -0.15) is 0 Å². The topological polar surface area (TPSA) is 83.0 Å². The van der Waals surface area contributed by atoms with Crippen molar-refractivity contribution in [2.75, 3.05) is 18.7 Å². The third-order valence-corrected chi connectivity index (χ3v) is 5.77. The van der Waals surface area contributed by atoms with Crippen molar-refractivity contribution in [1.29, 1.82) is 0 Å². The lowest BCUT2D eigenvalue weighted by atomic mass is 10.1. The zero-order valence-electron chi connectivity index (χ0n) is 14.4. The van der Waals surface area contributed by atoms with Crippen molar-refractivity contribution in [3.63, 3.8) is 0 Å². The van der Waals surface area contributed by atoms with Gasteiger partial charge in [-0.05, 0) is 35.6 Å². The summed E-state index contributed by atoms with van der Waals surface area (Å²) in [6.07, 6.45) is 1.91. The first-order chi connectivity index (χ1) is 12.7. The third-order valence-electron chi connectivity index (χ3n) is 3.83. The molecule has 0 aliphatic rings. The molecule has 6 nitrogen and oxygen atoms in total. The Balaban J connectivity index is 1.49. The van der Waals surface area contributed by atoms with Crippen molar-refractivity contribution >= 4 is 28.9 Å². The molecule has 2 N–H and O–H groups in total. The van der Waals surface area contributed by atoms with E-state index in [1.54, 1.807) is 7.11 Å². The van der Waals surface area contributed by atoms with Gasteiger partial charge in [0.1, 0.15) is 5.75 Å². The highest BCUT2D eigenvalue weighted by Gasteiger charge is 2.12. The molecule has 0 aliphatic heterocycles. The molecule has 0 aliphatic carbocycles. The highest BCUT2D eigenvalue weighted by molar-refractivity contribution is 7.99.